The minimum absolute atomic E-state index is 0.246. The summed E-state index contributed by atoms with van der Waals surface area (Å²) in [6, 6.07) is 5.86. The zero-order valence-corrected chi connectivity index (χ0v) is 8.84. The van der Waals surface area contributed by atoms with Gasteiger partial charge in [-0.05, 0) is 22.9 Å². The van der Waals surface area contributed by atoms with Crippen LogP contribution in [0.3, 0.4) is 0 Å². The maximum Gasteiger partial charge on any atom is 0.176 e. The van der Waals surface area contributed by atoms with Crippen molar-refractivity contribution in [1.82, 2.24) is 20.2 Å². The Hall–Kier alpha value is -1.82. The molecule has 2 aromatic rings. The lowest BCUT2D eigenvalue weighted by Gasteiger charge is -2.08. The molecule has 1 heterocycles. The highest BCUT2D eigenvalue weighted by Crippen LogP contribution is 2.14. The number of aromatic nitrogens is 4. The first-order valence-electron chi connectivity index (χ1n) is 4.89. The first-order valence-corrected chi connectivity index (χ1v) is 4.89. The van der Waals surface area contributed by atoms with Crippen LogP contribution in [0.2, 0.25) is 0 Å². The Morgan fingerprint density at radius 3 is 2.62 bits per heavy atom. The van der Waals surface area contributed by atoms with E-state index in [1.807, 2.05) is 0 Å². The standard InChI is InChI=1S/C10H12FN5/c1-16-14-10(13-15-16)6-9(12)7-2-4-8(11)5-3-7/h2-5,9H,6,12H2,1H3. The zero-order chi connectivity index (χ0) is 11.5. The van der Waals surface area contributed by atoms with Crippen LogP contribution in [0, 0.1) is 5.82 Å². The first kappa shape index (κ1) is 10.7. The molecule has 0 amide bonds. The van der Waals surface area contributed by atoms with Crippen molar-refractivity contribution in [1.29, 1.82) is 0 Å². The summed E-state index contributed by atoms with van der Waals surface area (Å²) >= 11 is 0. The maximum atomic E-state index is 12.7. The molecule has 5 nitrogen and oxygen atoms in total. The van der Waals surface area contributed by atoms with Gasteiger partial charge in [0.2, 0.25) is 0 Å². The van der Waals surface area contributed by atoms with E-state index < -0.39 is 0 Å². The summed E-state index contributed by atoms with van der Waals surface area (Å²) in [5.41, 5.74) is 6.80. The lowest BCUT2D eigenvalue weighted by atomic mass is 10.0. The summed E-state index contributed by atoms with van der Waals surface area (Å²) in [6.07, 6.45) is 0.486. The average molecular weight is 221 g/mol. The van der Waals surface area contributed by atoms with Crippen molar-refractivity contribution in [3.8, 4) is 0 Å². The van der Waals surface area contributed by atoms with Crippen LogP contribution in [0.5, 0.6) is 0 Å². The van der Waals surface area contributed by atoms with Gasteiger partial charge in [0.15, 0.2) is 5.82 Å². The van der Waals surface area contributed by atoms with Crippen LogP contribution in [0.1, 0.15) is 17.4 Å². The van der Waals surface area contributed by atoms with E-state index in [1.54, 1.807) is 19.2 Å². The summed E-state index contributed by atoms with van der Waals surface area (Å²) < 4.78 is 12.7. The summed E-state index contributed by atoms with van der Waals surface area (Å²) in [4.78, 5) is 1.38. The summed E-state index contributed by atoms with van der Waals surface area (Å²) in [5, 5.41) is 11.6. The number of hydrogen-bond donors (Lipinski definition) is 1. The molecule has 0 saturated heterocycles. The van der Waals surface area contributed by atoms with E-state index >= 15 is 0 Å². The van der Waals surface area contributed by atoms with Crippen LogP contribution in [-0.4, -0.2) is 20.2 Å². The third kappa shape index (κ3) is 2.40. The normalized spacial score (nSPS) is 12.7. The van der Waals surface area contributed by atoms with Crippen molar-refractivity contribution < 1.29 is 4.39 Å². The molecule has 1 aromatic carbocycles. The second-order valence-electron chi connectivity index (χ2n) is 3.56. The molecule has 0 radical (unpaired) electrons. The van der Waals surface area contributed by atoms with Gasteiger partial charge in [0.25, 0.3) is 0 Å². The summed E-state index contributed by atoms with van der Waals surface area (Å²) in [5.74, 6) is 0.313. The van der Waals surface area contributed by atoms with E-state index in [2.05, 4.69) is 15.4 Å². The summed E-state index contributed by atoms with van der Waals surface area (Å²) in [7, 11) is 1.69. The molecule has 1 unspecified atom stereocenters. The van der Waals surface area contributed by atoms with Crippen molar-refractivity contribution in [2.24, 2.45) is 12.8 Å². The molecular weight excluding hydrogens is 209 g/mol. The molecular formula is C10H12FN5. The van der Waals surface area contributed by atoms with E-state index in [4.69, 9.17) is 5.73 Å². The lowest BCUT2D eigenvalue weighted by molar-refractivity contribution is 0.618. The van der Waals surface area contributed by atoms with Gasteiger partial charge in [-0.3, -0.25) is 0 Å². The number of hydrogen-bond acceptors (Lipinski definition) is 4. The Bertz CT molecular complexity index is 464. The number of halogens is 1. The van der Waals surface area contributed by atoms with E-state index in [9.17, 15) is 4.39 Å². The van der Waals surface area contributed by atoms with Gasteiger partial charge in [0.1, 0.15) is 5.82 Å². The first-order chi connectivity index (χ1) is 7.65. The molecule has 0 saturated carbocycles. The van der Waals surface area contributed by atoms with Crippen LogP contribution >= 0.6 is 0 Å². The predicted octanol–water partition coefficient (Wildman–Crippen LogP) is 0.592. The molecule has 0 bridgehead atoms. The van der Waals surface area contributed by atoms with E-state index in [0.29, 0.717) is 12.2 Å². The van der Waals surface area contributed by atoms with Gasteiger partial charge >= 0.3 is 0 Å². The molecule has 1 atom stereocenters. The molecule has 2 rings (SSSR count). The van der Waals surface area contributed by atoms with Gasteiger partial charge in [-0.25, -0.2) is 4.39 Å². The summed E-state index contributed by atoms with van der Waals surface area (Å²) in [6.45, 7) is 0. The zero-order valence-electron chi connectivity index (χ0n) is 8.84. The van der Waals surface area contributed by atoms with Gasteiger partial charge in [0, 0.05) is 12.5 Å². The Morgan fingerprint density at radius 2 is 2.06 bits per heavy atom. The van der Waals surface area contributed by atoms with Gasteiger partial charge in [-0.2, -0.15) is 4.80 Å². The molecule has 6 heteroatoms. The van der Waals surface area contributed by atoms with Gasteiger partial charge in [-0.15, -0.1) is 10.2 Å². The van der Waals surface area contributed by atoms with Crippen molar-refractivity contribution in [2.75, 3.05) is 0 Å². The van der Waals surface area contributed by atoms with Crippen molar-refractivity contribution >= 4 is 0 Å². The monoisotopic (exact) mass is 221 g/mol. The van der Waals surface area contributed by atoms with Crippen LogP contribution in [0.25, 0.3) is 0 Å². The van der Waals surface area contributed by atoms with Gasteiger partial charge < -0.3 is 5.73 Å². The second-order valence-corrected chi connectivity index (χ2v) is 3.56. The van der Waals surface area contributed by atoms with Crippen molar-refractivity contribution in [3.63, 3.8) is 0 Å². The molecule has 16 heavy (non-hydrogen) atoms. The number of nitrogens with zero attached hydrogens (tertiary/aromatic N) is 4. The fourth-order valence-corrected chi connectivity index (χ4v) is 1.43. The van der Waals surface area contributed by atoms with Crippen molar-refractivity contribution in [3.05, 3.63) is 41.5 Å². The Labute approximate surface area is 92.1 Å². The van der Waals surface area contributed by atoms with Crippen LogP contribution < -0.4 is 5.73 Å². The van der Waals surface area contributed by atoms with Gasteiger partial charge in [0.05, 0.1) is 7.05 Å². The maximum absolute atomic E-state index is 12.7. The lowest BCUT2D eigenvalue weighted by Crippen LogP contribution is -2.14. The molecule has 1 aromatic heterocycles. The van der Waals surface area contributed by atoms with Gasteiger partial charge in [-0.1, -0.05) is 12.1 Å². The highest BCUT2D eigenvalue weighted by Gasteiger charge is 2.10. The molecule has 0 spiro atoms. The predicted molar refractivity (Wildman–Crippen MR) is 55.8 cm³/mol. The van der Waals surface area contributed by atoms with E-state index in [0.717, 1.165) is 5.56 Å². The van der Waals surface area contributed by atoms with Crippen molar-refractivity contribution in [2.45, 2.75) is 12.5 Å². The highest BCUT2D eigenvalue weighted by atomic mass is 19.1. The third-order valence-corrected chi connectivity index (χ3v) is 2.25. The number of aryl methyl sites for hydroxylation is 1. The quantitative estimate of drug-likeness (QED) is 0.823. The molecule has 84 valence electrons. The van der Waals surface area contributed by atoms with Crippen LogP contribution in [0.15, 0.2) is 24.3 Å². The fraction of sp³-hybridized carbons (Fsp3) is 0.300. The minimum atomic E-state index is -0.270. The highest BCUT2D eigenvalue weighted by molar-refractivity contribution is 5.20. The molecule has 0 aliphatic heterocycles. The minimum Gasteiger partial charge on any atom is -0.324 e. The van der Waals surface area contributed by atoms with Crippen LogP contribution in [0.4, 0.5) is 4.39 Å². The van der Waals surface area contributed by atoms with Crippen LogP contribution in [-0.2, 0) is 13.5 Å². The number of rotatable bonds is 3. The molecule has 0 aliphatic carbocycles. The molecule has 2 N–H and O–H groups in total. The third-order valence-electron chi connectivity index (χ3n) is 2.25. The SMILES string of the molecule is Cn1nnc(CC(N)c2ccc(F)cc2)n1. The Kier molecular flexibility index (Phi) is 2.91. The Morgan fingerprint density at radius 1 is 1.38 bits per heavy atom. The smallest absolute Gasteiger partial charge is 0.176 e. The number of nitrogens with two attached hydrogens (primary N) is 1. The molecule has 0 fully saturated rings. The Balaban J connectivity index is 2.08. The number of tetrazole rings is 1. The second kappa shape index (κ2) is 4.36. The molecule has 0 aliphatic rings. The fourth-order valence-electron chi connectivity index (χ4n) is 1.43. The average Bonchev–Trinajstić information content (AvgIpc) is 2.65. The number of benzene rings is 1. The van der Waals surface area contributed by atoms with E-state index in [-0.39, 0.29) is 11.9 Å². The largest absolute Gasteiger partial charge is 0.324 e. The van der Waals surface area contributed by atoms with E-state index in [1.165, 1.54) is 16.9 Å². The topological polar surface area (TPSA) is 69.6 Å².